The topological polar surface area (TPSA) is 123 Å². The molecule has 1 saturated heterocycles. The van der Waals surface area contributed by atoms with Gasteiger partial charge in [-0.25, -0.2) is 9.97 Å². The molecule has 2 aromatic heterocycles. The molecular formula is C24H22N8O3. The predicted molar refractivity (Wildman–Crippen MR) is 130 cm³/mol. The first-order valence-electron chi connectivity index (χ1n) is 11.1. The number of piperazine rings is 1. The van der Waals surface area contributed by atoms with Crippen LogP contribution in [-0.2, 0) is 4.79 Å². The number of carbonyl (C=O) groups excluding carboxylic acids is 1. The van der Waals surface area contributed by atoms with Crippen LogP contribution in [0.1, 0.15) is 11.1 Å². The first-order chi connectivity index (χ1) is 17.0. The second kappa shape index (κ2) is 9.29. The number of benzene rings is 2. The number of fused-ring (bicyclic) bond motifs is 1. The van der Waals surface area contributed by atoms with Gasteiger partial charge in [0, 0.05) is 44.4 Å². The quantitative estimate of drug-likeness (QED) is 0.248. The minimum atomic E-state index is -0.452. The van der Waals surface area contributed by atoms with E-state index in [0.29, 0.717) is 43.2 Å². The van der Waals surface area contributed by atoms with Crippen LogP contribution >= 0.6 is 0 Å². The molecule has 0 spiro atoms. The van der Waals surface area contributed by atoms with Crippen molar-refractivity contribution in [1.82, 2.24) is 29.9 Å². The average Bonchev–Trinajstić information content (AvgIpc) is 3.32. The van der Waals surface area contributed by atoms with Crippen LogP contribution in [0.4, 0.5) is 11.5 Å². The highest BCUT2D eigenvalue weighted by Crippen LogP contribution is 2.24. The Kier molecular flexibility index (Phi) is 5.88. The van der Waals surface area contributed by atoms with Crippen molar-refractivity contribution in [1.29, 1.82) is 0 Å². The molecule has 1 aliphatic rings. The number of nitro benzene ring substituents is 1. The van der Waals surface area contributed by atoms with Gasteiger partial charge in [-0.15, -0.1) is 5.10 Å². The molecule has 0 radical (unpaired) electrons. The molecule has 11 heteroatoms. The Morgan fingerprint density at radius 2 is 1.71 bits per heavy atom. The highest BCUT2D eigenvalue weighted by atomic mass is 16.6. The summed E-state index contributed by atoms with van der Waals surface area (Å²) in [5.41, 5.74) is 4.01. The van der Waals surface area contributed by atoms with Crippen molar-refractivity contribution < 1.29 is 9.72 Å². The van der Waals surface area contributed by atoms with E-state index >= 15 is 0 Å². The summed E-state index contributed by atoms with van der Waals surface area (Å²) in [6.45, 7) is 4.28. The Labute approximate surface area is 200 Å². The second-order valence-electron chi connectivity index (χ2n) is 8.20. The van der Waals surface area contributed by atoms with E-state index in [9.17, 15) is 14.9 Å². The third kappa shape index (κ3) is 4.56. The Bertz CT molecular complexity index is 1410. The van der Waals surface area contributed by atoms with Crippen LogP contribution in [0.2, 0.25) is 0 Å². The molecule has 2 aromatic carbocycles. The molecular weight excluding hydrogens is 448 g/mol. The lowest BCUT2D eigenvalue weighted by Crippen LogP contribution is -2.48. The maximum absolute atomic E-state index is 12.6. The average molecular weight is 470 g/mol. The number of aryl methyl sites for hydroxylation is 1. The molecule has 1 fully saturated rings. The van der Waals surface area contributed by atoms with Gasteiger partial charge in [-0.05, 0) is 42.8 Å². The minimum absolute atomic E-state index is 0.0160. The molecule has 0 bridgehead atoms. The summed E-state index contributed by atoms with van der Waals surface area (Å²) < 4.78 is 1.70. The summed E-state index contributed by atoms with van der Waals surface area (Å²) in [4.78, 5) is 35.7. The van der Waals surface area contributed by atoms with E-state index in [1.54, 1.807) is 27.8 Å². The lowest BCUT2D eigenvalue weighted by Gasteiger charge is -2.34. The lowest BCUT2D eigenvalue weighted by molar-refractivity contribution is -0.384. The standard InChI is InChI=1S/C24H22N8O3/c1-17-2-7-19(8-3-17)31-24-22(27-28-31)23(25-16-26-24)30-14-12-29(13-15-30)21(33)11-6-18-4-9-20(10-5-18)32(34)35/h2-11,16H,12-15H2,1H3/b11-6+. The van der Waals surface area contributed by atoms with E-state index in [1.165, 1.54) is 24.5 Å². The SMILES string of the molecule is Cc1ccc(-n2nnc3c(N4CCN(C(=O)/C=C/c5ccc([N+](=O)[O-])cc5)CC4)ncnc32)cc1. The van der Waals surface area contributed by atoms with Gasteiger partial charge in [0.2, 0.25) is 5.91 Å². The van der Waals surface area contributed by atoms with Crippen LogP contribution in [0.3, 0.4) is 0 Å². The van der Waals surface area contributed by atoms with E-state index in [0.717, 1.165) is 16.8 Å². The summed E-state index contributed by atoms with van der Waals surface area (Å²) in [5.74, 6) is 0.586. The van der Waals surface area contributed by atoms with Crippen molar-refractivity contribution in [2.24, 2.45) is 0 Å². The van der Waals surface area contributed by atoms with Gasteiger partial charge in [0.1, 0.15) is 6.33 Å². The van der Waals surface area contributed by atoms with Crippen molar-refractivity contribution in [2.45, 2.75) is 6.92 Å². The van der Waals surface area contributed by atoms with E-state index in [2.05, 4.69) is 25.2 Å². The Balaban J connectivity index is 1.26. The number of carbonyl (C=O) groups is 1. The number of aromatic nitrogens is 5. The number of nitrogens with zero attached hydrogens (tertiary/aromatic N) is 8. The monoisotopic (exact) mass is 470 g/mol. The van der Waals surface area contributed by atoms with E-state index in [-0.39, 0.29) is 11.6 Å². The Hall–Kier alpha value is -4.67. The smallest absolute Gasteiger partial charge is 0.269 e. The molecule has 0 aliphatic carbocycles. The van der Waals surface area contributed by atoms with Gasteiger partial charge in [-0.2, -0.15) is 4.68 Å². The number of non-ortho nitro benzene ring substituents is 1. The van der Waals surface area contributed by atoms with Gasteiger partial charge in [0.25, 0.3) is 5.69 Å². The fourth-order valence-corrected chi connectivity index (χ4v) is 3.95. The van der Waals surface area contributed by atoms with Crippen molar-refractivity contribution >= 4 is 34.7 Å². The molecule has 0 unspecified atom stereocenters. The Morgan fingerprint density at radius 3 is 2.40 bits per heavy atom. The third-order valence-electron chi connectivity index (χ3n) is 5.91. The summed E-state index contributed by atoms with van der Waals surface area (Å²) in [5, 5.41) is 19.4. The van der Waals surface area contributed by atoms with Crippen LogP contribution in [0.25, 0.3) is 22.9 Å². The molecule has 11 nitrogen and oxygen atoms in total. The van der Waals surface area contributed by atoms with E-state index in [1.807, 2.05) is 31.2 Å². The van der Waals surface area contributed by atoms with Crippen LogP contribution in [-0.4, -0.2) is 66.9 Å². The molecule has 1 aliphatic heterocycles. The molecule has 4 aromatic rings. The first kappa shape index (κ1) is 22.1. The second-order valence-corrected chi connectivity index (χ2v) is 8.20. The third-order valence-corrected chi connectivity index (χ3v) is 5.91. The van der Waals surface area contributed by atoms with Crippen LogP contribution in [0, 0.1) is 17.0 Å². The zero-order valence-corrected chi connectivity index (χ0v) is 19.0. The fourth-order valence-electron chi connectivity index (χ4n) is 3.95. The lowest BCUT2D eigenvalue weighted by atomic mass is 10.2. The molecule has 0 saturated carbocycles. The zero-order valence-electron chi connectivity index (χ0n) is 19.0. The van der Waals surface area contributed by atoms with Gasteiger partial charge >= 0.3 is 0 Å². The number of anilines is 1. The first-order valence-corrected chi connectivity index (χ1v) is 11.1. The number of nitro groups is 1. The van der Waals surface area contributed by atoms with Crippen molar-refractivity contribution in [3.63, 3.8) is 0 Å². The minimum Gasteiger partial charge on any atom is -0.351 e. The Morgan fingerprint density at radius 1 is 1.00 bits per heavy atom. The summed E-state index contributed by atoms with van der Waals surface area (Å²) >= 11 is 0. The van der Waals surface area contributed by atoms with E-state index in [4.69, 9.17) is 0 Å². The summed E-state index contributed by atoms with van der Waals surface area (Å²) in [6.07, 6.45) is 4.67. The van der Waals surface area contributed by atoms with Crippen LogP contribution < -0.4 is 4.90 Å². The maximum atomic E-state index is 12.6. The maximum Gasteiger partial charge on any atom is 0.269 e. The molecule has 1 amide bonds. The fraction of sp³-hybridized carbons (Fsp3) is 0.208. The number of hydrogen-bond acceptors (Lipinski definition) is 8. The highest BCUT2D eigenvalue weighted by Gasteiger charge is 2.24. The van der Waals surface area contributed by atoms with E-state index < -0.39 is 4.92 Å². The van der Waals surface area contributed by atoms with Crippen molar-refractivity contribution in [3.05, 3.63) is 82.2 Å². The number of amides is 1. The normalized spacial score (nSPS) is 14.1. The largest absolute Gasteiger partial charge is 0.351 e. The highest BCUT2D eigenvalue weighted by molar-refractivity contribution is 5.92. The molecule has 5 rings (SSSR count). The molecule has 176 valence electrons. The number of rotatable bonds is 5. The summed E-state index contributed by atoms with van der Waals surface area (Å²) in [6, 6.07) is 14.0. The summed E-state index contributed by atoms with van der Waals surface area (Å²) in [7, 11) is 0. The molecule has 0 N–H and O–H groups in total. The van der Waals surface area contributed by atoms with Crippen LogP contribution in [0.15, 0.2) is 60.9 Å². The van der Waals surface area contributed by atoms with Crippen molar-refractivity contribution in [2.75, 3.05) is 31.1 Å². The number of hydrogen-bond donors (Lipinski definition) is 0. The molecule has 3 heterocycles. The molecule has 0 atom stereocenters. The van der Waals surface area contributed by atoms with Gasteiger partial charge in [0.05, 0.1) is 10.6 Å². The predicted octanol–water partition coefficient (Wildman–Crippen LogP) is 2.79. The van der Waals surface area contributed by atoms with Gasteiger partial charge in [0.15, 0.2) is 17.0 Å². The zero-order chi connectivity index (χ0) is 24.4. The van der Waals surface area contributed by atoms with Gasteiger partial charge < -0.3 is 9.80 Å². The van der Waals surface area contributed by atoms with Crippen molar-refractivity contribution in [3.8, 4) is 5.69 Å². The van der Waals surface area contributed by atoms with Crippen LogP contribution in [0.5, 0.6) is 0 Å². The molecule has 35 heavy (non-hydrogen) atoms. The van der Waals surface area contributed by atoms with Gasteiger partial charge in [-0.3, -0.25) is 14.9 Å². The van der Waals surface area contributed by atoms with Gasteiger partial charge in [-0.1, -0.05) is 22.9 Å².